The number of rotatable bonds is 5. The fourth-order valence-electron chi connectivity index (χ4n) is 3.12. The Morgan fingerprint density at radius 3 is 2.79 bits per heavy atom. The molecule has 1 aromatic rings. The van der Waals surface area contributed by atoms with E-state index in [0.717, 1.165) is 17.6 Å². The number of hydrogen-bond donors (Lipinski definition) is 1. The van der Waals surface area contributed by atoms with Gasteiger partial charge in [0, 0.05) is 25.4 Å². The molecule has 4 nitrogen and oxygen atoms in total. The van der Waals surface area contributed by atoms with Gasteiger partial charge >= 0.3 is 0 Å². The van der Waals surface area contributed by atoms with Crippen LogP contribution in [0, 0.1) is 18.8 Å². The fraction of sp³-hybridized carbons (Fsp3) is 0.800. The summed E-state index contributed by atoms with van der Waals surface area (Å²) in [4.78, 5) is 4.63. The lowest BCUT2D eigenvalue weighted by Gasteiger charge is -2.23. The molecule has 1 heterocycles. The first-order valence-corrected chi connectivity index (χ1v) is 7.33. The monoisotopic (exact) mass is 265 g/mol. The van der Waals surface area contributed by atoms with Crippen LogP contribution in [0.1, 0.15) is 45.3 Å². The summed E-state index contributed by atoms with van der Waals surface area (Å²) < 4.78 is 7.53. The zero-order valence-electron chi connectivity index (χ0n) is 12.8. The summed E-state index contributed by atoms with van der Waals surface area (Å²) in [5.74, 6) is 2.51. The van der Waals surface area contributed by atoms with E-state index in [0.29, 0.717) is 18.6 Å². The van der Waals surface area contributed by atoms with Gasteiger partial charge in [0.05, 0.1) is 12.3 Å². The third kappa shape index (κ3) is 3.11. The Balaban J connectivity index is 2.16. The van der Waals surface area contributed by atoms with E-state index in [9.17, 15) is 0 Å². The predicted octanol–water partition coefficient (Wildman–Crippen LogP) is 3.25. The number of nitrogens with zero attached hydrogens (tertiary/aromatic N) is 2. The lowest BCUT2D eigenvalue weighted by Crippen LogP contribution is -2.25. The van der Waals surface area contributed by atoms with Gasteiger partial charge < -0.3 is 14.6 Å². The van der Waals surface area contributed by atoms with Crippen molar-refractivity contribution in [3.8, 4) is 0 Å². The third-order valence-electron chi connectivity index (χ3n) is 4.42. The van der Waals surface area contributed by atoms with Gasteiger partial charge in [0.25, 0.3) is 0 Å². The van der Waals surface area contributed by atoms with Crippen LogP contribution in [0.2, 0.25) is 0 Å². The minimum atomic E-state index is 0.277. The smallest absolute Gasteiger partial charge is 0.203 e. The molecule has 2 rings (SSSR count). The van der Waals surface area contributed by atoms with Crippen LogP contribution < -0.4 is 5.32 Å². The summed E-state index contributed by atoms with van der Waals surface area (Å²) in [7, 11) is 1.73. The quantitative estimate of drug-likeness (QED) is 0.888. The molecule has 1 aromatic heterocycles. The van der Waals surface area contributed by atoms with E-state index in [2.05, 4.69) is 48.8 Å². The van der Waals surface area contributed by atoms with Crippen molar-refractivity contribution >= 4 is 5.95 Å². The van der Waals surface area contributed by atoms with Gasteiger partial charge in [0.15, 0.2) is 0 Å². The molecule has 4 heteroatoms. The number of imidazole rings is 1. The van der Waals surface area contributed by atoms with Gasteiger partial charge in [0.1, 0.15) is 0 Å². The minimum Gasteiger partial charge on any atom is -0.383 e. The van der Waals surface area contributed by atoms with Crippen LogP contribution in [-0.4, -0.2) is 29.3 Å². The van der Waals surface area contributed by atoms with Crippen molar-refractivity contribution in [3.05, 3.63) is 11.9 Å². The number of methoxy groups -OCH3 is 1. The van der Waals surface area contributed by atoms with Gasteiger partial charge in [-0.3, -0.25) is 0 Å². The molecule has 108 valence electrons. The van der Waals surface area contributed by atoms with Gasteiger partial charge in [-0.25, -0.2) is 4.98 Å². The number of aryl methyl sites for hydroxylation is 1. The summed E-state index contributed by atoms with van der Waals surface area (Å²) in [6.45, 7) is 9.60. The van der Waals surface area contributed by atoms with E-state index < -0.39 is 0 Å². The molecule has 0 amide bonds. The second-order valence-electron chi connectivity index (χ2n) is 6.09. The van der Waals surface area contributed by atoms with Gasteiger partial charge in [-0.05, 0) is 38.5 Å². The average molecular weight is 265 g/mol. The maximum Gasteiger partial charge on any atom is 0.203 e. The Morgan fingerprint density at radius 1 is 1.47 bits per heavy atom. The van der Waals surface area contributed by atoms with Crippen molar-refractivity contribution in [3.63, 3.8) is 0 Å². The lowest BCUT2D eigenvalue weighted by atomic mass is 9.98. The highest BCUT2D eigenvalue weighted by molar-refractivity contribution is 5.31. The van der Waals surface area contributed by atoms with Crippen LogP contribution in [0.3, 0.4) is 0 Å². The normalized spacial score (nSPS) is 28.6. The van der Waals surface area contributed by atoms with E-state index in [1.165, 1.54) is 12.8 Å². The summed E-state index contributed by atoms with van der Waals surface area (Å²) in [5.41, 5.74) is 1.08. The summed E-state index contributed by atoms with van der Waals surface area (Å²) >= 11 is 0. The van der Waals surface area contributed by atoms with Gasteiger partial charge in [-0.2, -0.15) is 0 Å². The molecule has 1 N–H and O–H groups in total. The molecule has 1 fully saturated rings. The number of aromatic nitrogens is 2. The molecule has 4 unspecified atom stereocenters. The number of hydrogen-bond acceptors (Lipinski definition) is 3. The average Bonchev–Trinajstić information content (AvgIpc) is 2.84. The van der Waals surface area contributed by atoms with Crippen molar-refractivity contribution < 1.29 is 4.74 Å². The van der Waals surface area contributed by atoms with Crippen molar-refractivity contribution in [1.82, 2.24) is 9.55 Å². The standard InChI is InChI=1S/C15H27N3O/c1-10-6-7-14(13(10)4)18-8-11(2)16-15(18)17-12(3)9-19-5/h8,10,12-14H,6-7,9H2,1-5H3,(H,16,17). The molecule has 0 aromatic carbocycles. The number of anilines is 1. The van der Waals surface area contributed by atoms with Crippen LogP contribution in [0.5, 0.6) is 0 Å². The molecule has 0 aliphatic heterocycles. The highest BCUT2D eigenvalue weighted by atomic mass is 16.5. The molecule has 0 bridgehead atoms. The Morgan fingerprint density at radius 2 is 2.21 bits per heavy atom. The van der Waals surface area contributed by atoms with Crippen LogP contribution in [0.4, 0.5) is 5.95 Å². The third-order valence-corrected chi connectivity index (χ3v) is 4.42. The fourth-order valence-corrected chi connectivity index (χ4v) is 3.12. The molecule has 0 radical (unpaired) electrons. The van der Waals surface area contributed by atoms with Crippen LogP contribution in [-0.2, 0) is 4.74 Å². The Bertz CT molecular complexity index is 416. The Labute approximate surface area is 116 Å². The van der Waals surface area contributed by atoms with Gasteiger partial charge in [0.2, 0.25) is 5.95 Å². The van der Waals surface area contributed by atoms with E-state index in [1.807, 2.05) is 0 Å². The molecule has 0 saturated heterocycles. The second-order valence-corrected chi connectivity index (χ2v) is 6.09. The van der Waals surface area contributed by atoms with Crippen LogP contribution in [0.15, 0.2) is 6.20 Å². The summed E-state index contributed by atoms with van der Waals surface area (Å²) in [6.07, 6.45) is 4.75. The van der Waals surface area contributed by atoms with Crippen LogP contribution in [0.25, 0.3) is 0 Å². The molecule has 1 saturated carbocycles. The minimum absolute atomic E-state index is 0.277. The Hall–Kier alpha value is -1.03. The van der Waals surface area contributed by atoms with Crippen molar-refractivity contribution in [2.45, 2.75) is 52.6 Å². The van der Waals surface area contributed by atoms with E-state index in [4.69, 9.17) is 4.74 Å². The first-order valence-electron chi connectivity index (χ1n) is 7.33. The highest BCUT2D eigenvalue weighted by Crippen LogP contribution is 2.41. The largest absolute Gasteiger partial charge is 0.383 e. The van der Waals surface area contributed by atoms with Crippen molar-refractivity contribution in [2.75, 3.05) is 19.0 Å². The molecule has 19 heavy (non-hydrogen) atoms. The van der Waals surface area contributed by atoms with E-state index in [-0.39, 0.29) is 6.04 Å². The van der Waals surface area contributed by atoms with Crippen molar-refractivity contribution in [1.29, 1.82) is 0 Å². The zero-order chi connectivity index (χ0) is 14.0. The summed E-state index contributed by atoms with van der Waals surface area (Å²) in [5, 5.41) is 3.47. The van der Waals surface area contributed by atoms with Gasteiger partial charge in [-0.15, -0.1) is 0 Å². The maximum atomic E-state index is 5.19. The predicted molar refractivity (Wildman–Crippen MR) is 78.5 cm³/mol. The molecule has 1 aliphatic carbocycles. The molecule has 4 atom stereocenters. The number of ether oxygens (including phenoxy) is 1. The zero-order valence-corrected chi connectivity index (χ0v) is 12.8. The molecular weight excluding hydrogens is 238 g/mol. The first kappa shape index (κ1) is 14.4. The first-order chi connectivity index (χ1) is 9.02. The SMILES string of the molecule is COCC(C)Nc1nc(C)cn1C1CCC(C)C1C. The molecule has 1 aliphatic rings. The summed E-state index contributed by atoms with van der Waals surface area (Å²) in [6, 6.07) is 0.855. The van der Waals surface area contributed by atoms with E-state index >= 15 is 0 Å². The number of nitrogens with one attached hydrogen (secondary N) is 1. The maximum absolute atomic E-state index is 5.19. The topological polar surface area (TPSA) is 39.1 Å². The van der Waals surface area contributed by atoms with Crippen molar-refractivity contribution in [2.24, 2.45) is 11.8 Å². The molecular formula is C15H27N3O. The lowest BCUT2D eigenvalue weighted by molar-refractivity contribution is 0.190. The second kappa shape index (κ2) is 5.95. The van der Waals surface area contributed by atoms with Gasteiger partial charge in [-0.1, -0.05) is 13.8 Å². The van der Waals surface area contributed by atoms with Crippen LogP contribution >= 0.6 is 0 Å². The Kier molecular flexibility index (Phi) is 4.50. The molecule has 0 spiro atoms. The highest BCUT2D eigenvalue weighted by Gasteiger charge is 2.32. The van der Waals surface area contributed by atoms with E-state index in [1.54, 1.807) is 7.11 Å².